The molecule has 0 unspecified atom stereocenters. The molecule has 1 aliphatic rings. The van der Waals surface area contributed by atoms with Crippen LogP contribution in [0.2, 0.25) is 0 Å². The number of azo groups is 1. The molecular formula is C27H21N5O5. The zero-order chi connectivity index (χ0) is 26.3. The van der Waals surface area contributed by atoms with Crippen LogP contribution in [-0.4, -0.2) is 31.0 Å². The molecular weight excluding hydrogens is 474 g/mol. The highest BCUT2D eigenvalue weighted by Crippen LogP contribution is 2.39. The molecule has 2 amide bonds. The van der Waals surface area contributed by atoms with Crippen LogP contribution in [0.3, 0.4) is 0 Å². The molecule has 0 bridgehead atoms. The van der Waals surface area contributed by atoms with Crippen molar-refractivity contribution < 1.29 is 14.7 Å². The Labute approximate surface area is 210 Å². The molecule has 4 aromatic rings. The second-order valence-electron chi connectivity index (χ2n) is 8.48. The number of hydrogen-bond donors (Lipinski definition) is 1. The van der Waals surface area contributed by atoms with Crippen LogP contribution in [0.15, 0.2) is 98.7 Å². The van der Waals surface area contributed by atoms with E-state index in [2.05, 4.69) is 10.2 Å². The molecule has 0 atom stereocenters. The van der Waals surface area contributed by atoms with Crippen LogP contribution in [0.1, 0.15) is 37.9 Å². The highest BCUT2D eigenvalue weighted by molar-refractivity contribution is 6.23. The Balaban J connectivity index is 1.61. The van der Waals surface area contributed by atoms with Gasteiger partial charge in [0.1, 0.15) is 0 Å². The molecule has 5 rings (SSSR count). The average Bonchev–Trinajstić information content (AvgIpc) is 3.18. The number of amides is 2. The number of benzene rings is 3. The third-order valence-corrected chi connectivity index (χ3v) is 6.28. The summed E-state index contributed by atoms with van der Waals surface area (Å²) in [5, 5.41) is 18.2. The lowest BCUT2D eigenvalue weighted by atomic mass is 9.97. The van der Waals surface area contributed by atoms with Gasteiger partial charge in [-0.25, -0.2) is 4.79 Å². The monoisotopic (exact) mass is 495 g/mol. The standard InChI is InChI=1S/C27H21N5O5/c1-30-25(35)21(26(36)31(2)27(30)37)29-28-19-15-9-14-18-20(19)24(34)32(23(18)33)22(16-10-5-3-6-11-16)17-12-7-4-8-13-17/h3-15,22,35H,1-2H3. The first-order valence-corrected chi connectivity index (χ1v) is 11.3. The van der Waals surface area contributed by atoms with E-state index in [1.807, 2.05) is 60.7 Å². The van der Waals surface area contributed by atoms with E-state index in [0.29, 0.717) is 0 Å². The first-order valence-electron chi connectivity index (χ1n) is 11.3. The molecule has 37 heavy (non-hydrogen) atoms. The molecule has 1 N–H and O–H groups in total. The van der Waals surface area contributed by atoms with Crippen molar-refractivity contribution in [2.45, 2.75) is 6.04 Å². The molecule has 3 aromatic carbocycles. The minimum atomic E-state index is -0.853. The van der Waals surface area contributed by atoms with E-state index in [-0.39, 0.29) is 16.8 Å². The topological polar surface area (TPSA) is 126 Å². The number of hydrogen-bond acceptors (Lipinski definition) is 7. The van der Waals surface area contributed by atoms with E-state index in [4.69, 9.17) is 0 Å². The number of rotatable bonds is 5. The van der Waals surface area contributed by atoms with Crippen molar-refractivity contribution >= 4 is 23.2 Å². The van der Waals surface area contributed by atoms with Gasteiger partial charge in [0.15, 0.2) is 0 Å². The number of fused-ring (bicyclic) bond motifs is 1. The van der Waals surface area contributed by atoms with Crippen molar-refractivity contribution in [3.63, 3.8) is 0 Å². The summed E-state index contributed by atoms with van der Waals surface area (Å²) in [6.07, 6.45) is 0. The first kappa shape index (κ1) is 23.6. The Morgan fingerprint density at radius 3 is 1.89 bits per heavy atom. The Morgan fingerprint density at radius 2 is 1.30 bits per heavy atom. The molecule has 0 fully saturated rings. The van der Waals surface area contributed by atoms with E-state index >= 15 is 0 Å². The van der Waals surface area contributed by atoms with Gasteiger partial charge >= 0.3 is 5.69 Å². The van der Waals surface area contributed by atoms with Crippen LogP contribution >= 0.6 is 0 Å². The number of nitrogens with zero attached hydrogens (tertiary/aromatic N) is 5. The minimum absolute atomic E-state index is 0.0363. The van der Waals surface area contributed by atoms with Crippen molar-refractivity contribution in [3.8, 4) is 5.88 Å². The van der Waals surface area contributed by atoms with Crippen molar-refractivity contribution in [3.05, 3.63) is 122 Å². The smallest absolute Gasteiger partial charge is 0.333 e. The lowest BCUT2D eigenvalue weighted by Gasteiger charge is -2.27. The Hall–Kier alpha value is -5.12. The Bertz CT molecular complexity index is 1650. The van der Waals surface area contributed by atoms with Crippen molar-refractivity contribution in [1.82, 2.24) is 14.0 Å². The molecule has 10 heteroatoms. The molecule has 0 saturated heterocycles. The molecule has 0 radical (unpaired) electrons. The number of imide groups is 1. The van der Waals surface area contributed by atoms with Gasteiger partial charge in [-0.2, -0.15) is 0 Å². The van der Waals surface area contributed by atoms with Gasteiger partial charge in [0.05, 0.1) is 22.9 Å². The second kappa shape index (κ2) is 9.15. The summed E-state index contributed by atoms with van der Waals surface area (Å²) in [5.74, 6) is -1.72. The van der Waals surface area contributed by atoms with E-state index < -0.39 is 40.7 Å². The van der Waals surface area contributed by atoms with Gasteiger partial charge in [0, 0.05) is 14.1 Å². The summed E-state index contributed by atoms with van der Waals surface area (Å²) in [6.45, 7) is 0. The Morgan fingerprint density at radius 1 is 0.703 bits per heavy atom. The van der Waals surface area contributed by atoms with E-state index in [1.54, 1.807) is 6.07 Å². The number of aromatic hydroxyl groups is 1. The second-order valence-corrected chi connectivity index (χ2v) is 8.48. The third kappa shape index (κ3) is 3.84. The van der Waals surface area contributed by atoms with E-state index in [9.17, 15) is 24.3 Å². The first-order chi connectivity index (χ1) is 17.8. The maximum Gasteiger partial charge on any atom is 0.333 e. The molecule has 1 aromatic heterocycles. The van der Waals surface area contributed by atoms with Gasteiger partial charge in [-0.05, 0) is 23.3 Å². The zero-order valence-electron chi connectivity index (χ0n) is 19.9. The zero-order valence-corrected chi connectivity index (χ0v) is 19.9. The molecule has 0 aliphatic carbocycles. The van der Waals surface area contributed by atoms with Crippen molar-refractivity contribution in [1.29, 1.82) is 0 Å². The van der Waals surface area contributed by atoms with Crippen LogP contribution < -0.4 is 11.2 Å². The largest absolute Gasteiger partial charge is 0.493 e. The predicted molar refractivity (Wildman–Crippen MR) is 134 cm³/mol. The van der Waals surface area contributed by atoms with Gasteiger partial charge in [-0.3, -0.25) is 28.4 Å². The summed E-state index contributed by atoms with van der Waals surface area (Å²) in [7, 11) is 2.53. The van der Waals surface area contributed by atoms with Crippen molar-refractivity contribution in [2.75, 3.05) is 0 Å². The number of carbonyl (C=O) groups is 2. The van der Waals surface area contributed by atoms with E-state index in [0.717, 1.165) is 20.3 Å². The SMILES string of the molecule is Cn1c(O)c(N=Nc2cccc3c2C(=O)N(C(c2ccccc2)c2ccccc2)C3=O)c(=O)n(C)c1=O. The fraction of sp³-hybridized carbons (Fsp3) is 0.111. The Kier molecular flexibility index (Phi) is 5.84. The number of carbonyl (C=O) groups excluding carboxylic acids is 2. The maximum absolute atomic E-state index is 13.8. The lowest BCUT2D eigenvalue weighted by Crippen LogP contribution is -2.36. The van der Waals surface area contributed by atoms with Gasteiger partial charge in [-0.1, -0.05) is 66.7 Å². The molecule has 0 saturated carbocycles. The average molecular weight is 495 g/mol. The number of aromatic nitrogens is 2. The summed E-state index contributed by atoms with van der Waals surface area (Å²) >= 11 is 0. The normalized spacial score (nSPS) is 13.1. The molecule has 10 nitrogen and oxygen atoms in total. The summed E-state index contributed by atoms with van der Waals surface area (Å²) in [4.78, 5) is 53.0. The minimum Gasteiger partial charge on any atom is -0.493 e. The molecule has 184 valence electrons. The highest BCUT2D eigenvalue weighted by Gasteiger charge is 2.42. The fourth-order valence-electron chi connectivity index (χ4n) is 4.37. The van der Waals surface area contributed by atoms with Gasteiger partial charge in [0.25, 0.3) is 17.4 Å². The third-order valence-electron chi connectivity index (χ3n) is 6.28. The quantitative estimate of drug-likeness (QED) is 0.334. The van der Waals surface area contributed by atoms with Crippen LogP contribution in [0.25, 0.3) is 0 Å². The maximum atomic E-state index is 13.8. The molecule has 2 heterocycles. The van der Waals surface area contributed by atoms with Gasteiger partial charge in [0.2, 0.25) is 11.6 Å². The molecule has 0 spiro atoms. The van der Waals surface area contributed by atoms with Crippen LogP contribution in [0.4, 0.5) is 11.4 Å². The van der Waals surface area contributed by atoms with Crippen LogP contribution in [-0.2, 0) is 14.1 Å². The van der Waals surface area contributed by atoms with Crippen LogP contribution in [0, 0.1) is 0 Å². The summed E-state index contributed by atoms with van der Waals surface area (Å²) in [5.41, 5.74) is -0.309. The van der Waals surface area contributed by atoms with Gasteiger partial charge in [-0.15, -0.1) is 10.2 Å². The predicted octanol–water partition coefficient (Wildman–Crippen LogP) is 3.59. The fourth-order valence-corrected chi connectivity index (χ4v) is 4.37. The van der Waals surface area contributed by atoms with E-state index in [1.165, 1.54) is 31.1 Å². The molecule has 1 aliphatic heterocycles. The summed E-state index contributed by atoms with van der Waals surface area (Å²) < 4.78 is 1.64. The van der Waals surface area contributed by atoms with Gasteiger partial charge < -0.3 is 5.11 Å². The van der Waals surface area contributed by atoms with Crippen LogP contribution in [0.5, 0.6) is 5.88 Å². The highest BCUT2D eigenvalue weighted by atomic mass is 16.3. The lowest BCUT2D eigenvalue weighted by molar-refractivity contribution is 0.0609. The van der Waals surface area contributed by atoms with Crippen molar-refractivity contribution in [2.24, 2.45) is 24.3 Å². The summed E-state index contributed by atoms with van der Waals surface area (Å²) in [6, 6.07) is 22.3.